The molecule has 0 radical (unpaired) electrons. The van der Waals surface area contributed by atoms with E-state index in [1.54, 1.807) is 0 Å². The van der Waals surface area contributed by atoms with Crippen molar-refractivity contribution in [3.63, 3.8) is 0 Å². The summed E-state index contributed by atoms with van der Waals surface area (Å²) in [6.07, 6.45) is 17.6. The molecule has 0 saturated carbocycles. The van der Waals surface area contributed by atoms with Gasteiger partial charge in [-0.1, -0.05) is 90.4 Å². The molecular weight excluding hydrogens is 336 g/mol. The van der Waals surface area contributed by atoms with Crippen molar-refractivity contribution in [3.8, 4) is 0 Å². The number of hydrogen-bond donors (Lipinski definition) is 1. The van der Waals surface area contributed by atoms with Crippen molar-refractivity contribution in [1.82, 2.24) is 0 Å². The summed E-state index contributed by atoms with van der Waals surface area (Å²) < 4.78 is 0. The molecule has 0 aliphatic heterocycles. The lowest BCUT2D eigenvalue weighted by Gasteiger charge is -2.04. The fraction of sp³-hybridized carbons (Fsp3) is 0.900. The van der Waals surface area contributed by atoms with Gasteiger partial charge in [0.15, 0.2) is 0 Å². The van der Waals surface area contributed by atoms with Gasteiger partial charge in [0, 0.05) is 0 Å². The lowest BCUT2D eigenvalue weighted by Crippen LogP contribution is -2.10. The number of hydrogen-bond acceptors (Lipinski definition) is 6. The smallest absolute Gasteiger partial charge is 0.301 e. The van der Waals surface area contributed by atoms with Crippen LogP contribution in [0.4, 0.5) is 0 Å². The highest BCUT2D eigenvalue weighted by Gasteiger charge is 2.09. The van der Waals surface area contributed by atoms with Gasteiger partial charge in [-0.05, 0) is 6.42 Å². The van der Waals surface area contributed by atoms with Crippen LogP contribution in [-0.2, 0) is 24.3 Å². The van der Waals surface area contributed by atoms with E-state index in [9.17, 15) is 9.59 Å². The summed E-state index contributed by atoms with van der Waals surface area (Å²) in [7, 11) is 0. The molecule has 0 amide bonds. The van der Waals surface area contributed by atoms with Crippen molar-refractivity contribution in [2.75, 3.05) is 6.61 Å². The van der Waals surface area contributed by atoms with E-state index in [4.69, 9.17) is 10.1 Å². The molecule has 1 N–H and O–H groups in total. The second kappa shape index (κ2) is 20.2. The van der Waals surface area contributed by atoms with Gasteiger partial charge in [0.05, 0.1) is 19.4 Å². The minimum Gasteiger partial charge on any atom is -0.301 e. The van der Waals surface area contributed by atoms with Gasteiger partial charge in [-0.3, -0.25) is 4.89 Å². The molecule has 0 unspecified atom stereocenters. The summed E-state index contributed by atoms with van der Waals surface area (Å²) in [5.41, 5.74) is 0. The normalized spacial score (nSPS) is 10.7. The van der Waals surface area contributed by atoms with E-state index < -0.39 is 11.9 Å². The van der Waals surface area contributed by atoms with Crippen LogP contribution in [0.15, 0.2) is 0 Å². The molecule has 0 aliphatic rings. The first-order valence-electron chi connectivity index (χ1n) is 10.4. The quantitative estimate of drug-likeness (QED) is 0.176. The van der Waals surface area contributed by atoms with E-state index in [0.29, 0.717) is 6.61 Å². The van der Waals surface area contributed by atoms with E-state index in [2.05, 4.69) is 16.7 Å². The van der Waals surface area contributed by atoms with Crippen LogP contribution in [0.3, 0.4) is 0 Å². The topological polar surface area (TPSA) is 82.1 Å². The first kappa shape index (κ1) is 24.9. The second-order valence-electron chi connectivity index (χ2n) is 6.84. The van der Waals surface area contributed by atoms with Crippen LogP contribution in [-0.4, -0.2) is 23.8 Å². The van der Waals surface area contributed by atoms with E-state index in [0.717, 1.165) is 12.8 Å². The van der Waals surface area contributed by atoms with Gasteiger partial charge < -0.3 is 4.89 Å². The highest BCUT2D eigenvalue weighted by molar-refractivity contribution is 5.76. The molecule has 0 atom stereocenters. The minimum atomic E-state index is -0.867. The SMILES string of the molecule is CCCCCCCCCCCCCCCCOOC(=O)CCC(=O)OO. The zero-order valence-corrected chi connectivity index (χ0v) is 16.5. The Hall–Kier alpha value is -1.14. The number of rotatable bonds is 19. The van der Waals surface area contributed by atoms with E-state index in [1.807, 2.05) is 0 Å². The summed E-state index contributed by atoms with van der Waals surface area (Å²) in [6.45, 7) is 2.62. The summed E-state index contributed by atoms with van der Waals surface area (Å²) >= 11 is 0. The Bertz CT molecular complexity index is 332. The van der Waals surface area contributed by atoms with E-state index in [1.165, 1.54) is 77.0 Å². The van der Waals surface area contributed by atoms with Gasteiger partial charge >= 0.3 is 11.9 Å². The second-order valence-corrected chi connectivity index (χ2v) is 6.84. The Kier molecular flexibility index (Phi) is 19.3. The molecule has 0 heterocycles. The highest BCUT2D eigenvalue weighted by atomic mass is 17.2. The maximum atomic E-state index is 11.2. The first-order chi connectivity index (χ1) is 12.7. The molecular formula is C20H38O6. The molecule has 26 heavy (non-hydrogen) atoms. The van der Waals surface area contributed by atoms with Crippen LogP contribution in [0.25, 0.3) is 0 Å². The molecule has 0 bridgehead atoms. The van der Waals surface area contributed by atoms with Crippen molar-refractivity contribution in [2.24, 2.45) is 0 Å². The number of unbranched alkanes of at least 4 members (excludes halogenated alkanes) is 13. The Morgan fingerprint density at radius 2 is 1.08 bits per heavy atom. The molecule has 0 aromatic carbocycles. The van der Waals surface area contributed by atoms with Crippen LogP contribution >= 0.6 is 0 Å². The Labute approximate surface area is 158 Å². The summed E-state index contributed by atoms with van der Waals surface area (Å²) in [4.78, 5) is 34.6. The molecule has 0 aliphatic carbocycles. The first-order valence-corrected chi connectivity index (χ1v) is 10.4. The third-order valence-corrected chi connectivity index (χ3v) is 4.37. The fourth-order valence-corrected chi connectivity index (χ4v) is 2.75. The third kappa shape index (κ3) is 19.2. The molecule has 6 nitrogen and oxygen atoms in total. The van der Waals surface area contributed by atoms with Gasteiger partial charge in [-0.2, -0.15) is 10.1 Å². The number of carbonyl (C=O) groups excluding carboxylic acids is 2. The maximum absolute atomic E-state index is 11.2. The van der Waals surface area contributed by atoms with Gasteiger partial charge in [-0.25, -0.2) is 9.59 Å². The predicted octanol–water partition coefficient (Wildman–Crippen LogP) is 5.74. The average Bonchev–Trinajstić information content (AvgIpc) is 2.65. The summed E-state index contributed by atoms with van der Waals surface area (Å²) in [5, 5.41) is 8.04. The van der Waals surface area contributed by atoms with Crippen LogP contribution in [0.2, 0.25) is 0 Å². The molecule has 0 aromatic heterocycles. The summed E-state index contributed by atoms with van der Waals surface area (Å²) in [6, 6.07) is 0. The third-order valence-electron chi connectivity index (χ3n) is 4.37. The van der Waals surface area contributed by atoms with Crippen molar-refractivity contribution >= 4 is 11.9 Å². The highest BCUT2D eigenvalue weighted by Crippen LogP contribution is 2.13. The monoisotopic (exact) mass is 374 g/mol. The van der Waals surface area contributed by atoms with Crippen molar-refractivity contribution in [3.05, 3.63) is 0 Å². The van der Waals surface area contributed by atoms with E-state index >= 15 is 0 Å². The van der Waals surface area contributed by atoms with Gasteiger partial charge in [0.25, 0.3) is 0 Å². The van der Waals surface area contributed by atoms with Crippen LogP contribution < -0.4 is 0 Å². The average molecular weight is 375 g/mol. The molecule has 0 spiro atoms. The Balaban J connectivity index is 3.13. The zero-order valence-electron chi connectivity index (χ0n) is 16.5. The lowest BCUT2D eigenvalue weighted by atomic mass is 10.0. The Morgan fingerprint density at radius 1 is 0.654 bits per heavy atom. The maximum Gasteiger partial charge on any atom is 0.342 e. The van der Waals surface area contributed by atoms with Crippen LogP contribution in [0.5, 0.6) is 0 Å². The minimum absolute atomic E-state index is 0.169. The predicted molar refractivity (Wildman–Crippen MR) is 100 cm³/mol. The van der Waals surface area contributed by atoms with Gasteiger partial charge in [0.1, 0.15) is 0 Å². The fourth-order valence-electron chi connectivity index (χ4n) is 2.75. The van der Waals surface area contributed by atoms with Crippen molar-refractivity contribution in [2.45, 2.75) is 110 Å². The van der Waals surface area contributed by atoms with Crippen molar-refractivity contribution in [1.29, 1.82) is 0 Å². The molecule has 0 rings (SSSR count). The van der Waals surface area contributed by atoms with Gasteiger partial charge in [-0.15, -0.1) is 0 Å². The molecule has 0 aromatic rings. The molecule has 154 valence electrons. The van der Waals surface area contributed by atoms with E-state index in [-0.39, 0.29) is 12.8 Å². The lowest BCUT2D eigenvalue weighted by molar-refractivity contribution is -0.273. The van der Waals surface area contributed by atoms with Gasteiger partial charge in [0.2, 0.25) is 0 Å². The standard InChI is InChI=1S/C20H38O6/c1-2-3-4-5-6-7-8-9-10-11-12-13-14-15-18-24-26-20(22)17-16-19(21)25-23/h23H,2-18H2,1H3. The molecule has 0 fully saturated rings. The Morgan fingerprint density at radius 3 is 1.54 bits per heavy atom. The summed E-state index contributed by atoms with van der Waals surface area (Å²) in [5.74, 6) is -1.50. The molecule has 0 saturated heterocycles. The zero-order chi connectivity index (χ0) is 19.3. The van der Waals surface area contributed by atoms with Crippen LogP contribution in [0, 0.1) is 0 Å². The largest absolute Gasteiger partial charge is 0.342 e. The molecule has 6 heteroatoms. The van der Waals surface area contributed by atoms with Crippen LogP contribution in [0.1, 0.15) is 110 Å². The number of carbonyl (C=O) groups is 2. The van der Waals surface area contributed by atoms with Crippen molar-refractivity contribution < 1.29 is 29.5 Å².